The van der Waals surface area contributed by atoms with Crippen LogP contribution in [0.3, 0.4) is 0 Å². The first kappa shape index (κ1) is 11.7. The zero-order chi connectivity index (χ0) is 11.7. The molecule has 0 aliphatic heterocycles. The highest BCUT2D eigenvalue weighted by Gasteiger charge is 2.09. The summed E-state index contributed by atoms with van der Waals surface area (Å²) in [4.78, 5) is 9.88. The summed E-state index contributed by atoms with van der Waals surface area (Å²) in [7, 11) is 0. The maximum absolute atomic E-state index is 5.82. The first-order valence-corrected chi connectivity index (χ1v) is 6.58. The summed E-state index contributed by atoms with van der Waals surface area (Å²) in [5.41, 5.74) is 7.77. The molecule has 2 N–H and O–H groups in total. The molecule has 2 aromatic heterocycles. The number of aryl methyl sites for hydroxylation is 1. The highest BCUT2D eigenvalue weighted by Crippen LogP contribution is 2.28. The van der Waals surface area contributed by atoms with E-state index in [1.54, 1.807) is 11.3 Å². The molecule has 2 heterocycles. The third-order valence-electron chi connectivity index (χ3n) is 2.30. The fourth-order valence-electron chi connectivity index (χ4n) is 1.47. The van der Waals surface area contributed by atoms with E-state index in [-0.39, 0.29) is 6.04 Å². The van der Waals surface area contributed by atoms with Crippen molar-refractivity contribution < 1.29 is 0 Å². The number of aromatic nitrogens is 2. The van der Waals surface area contributed by atoms with Gasteiger partial charge in [-0.05, 0) is 35.8 Å². The topological polar surface area (TPSA) is 51.8 Å². The summed E-state index contributed by atoms with van der Waals surface area (Å²) in [6.45, 7) is 3.90. The minimum absolute atomic E-state index is 0.0240. The van der Waals surface area contributed by atoms with Crippen LogP contribution in [0.1, 0.15) is 24.2 Å². The van der Waals surface area contributed by atoms with Gasteiger partial charge in [-0.1, -0.05) is 0 Å². The minimum atomic E-state index is -0.0240. The molecule has 5 heteroatoms. The Labute approximate surface area is 107 Å². The Morgan fingerprint density at radius 2 is 2.25 bits per heavy atom. The van der Waals surface area contributed by atoms with E-state index in [9.17, 15) is 0 Å². The predicted octanol–water partition coefficient (Wildman–Crippen LogP) is 3.30. The standard InChI is InChI=1S/C11H12BrN3S/c1-6(13)9-4-14-11(15-7(9)2)10-3-8(12)5-16-10/h3-6H,13H2,1-2H3/t6-/m1/s1. The van der Waals surface area contributed by atoms with Crippen molar-refractivity contribution in [2.75, 3.05) is 0 Å². The van der Waals surface area contributed by atoms with E-state index in [0.29, 0.717) is 0 Å². The van der Waals surface area contributed by atoms with Crippen molar-refractivity contribution in [3.8, 4) is 10.7 Å². The third kappa shape index (κ3) is 2.31. The van der Waals surface area contributed by atoms with E-state index in [0.717, 1.165) is 26.4 Å². The number of thiophene rings is 1. The average molecular weight is 298 g/mol. The lowest BCUT2D eigenvalue weighted by Gasteiger charge is -2.08. The van der Waals surface area contributed by atoms with Crippen molar-refractivity contribution in [3.63, 3.8) is 0 Å². The van der Waals surface area contributed by atoms with E-state index in [1.807, 2.05) is 31.5 Å². The minimum Gasteiger partial charge on any atom is -0.324 e. The Hall–Kier alpha value is -0.780. The van der Waals surface area contributed by atoms with Crippen molar-refractivity contribution in [1.82, 2.24) is 9.97 Å². The summed E-state index contributed by atoms with van der Waals surface area (Å²) in [6.07, 6.45) is 1.82. The third-order valence-corrected chi connectivity index (χ3v) is 3.98. The zero-order valence-electron chi connectivity index (χ0n) is 9.07. The first-order chi connectivity index (χ1) is 7.58. The number of halogens is 1. The molecule has 0 radical (unpaired) electrons. The molecule has 2 aromatic rings. The van der Waals surface area contributed by atoms with Gasteiger partial charge in [-0.2, -0.15) is 0 Å². The summed E-state index contributed by atoms with van der Waals surface area (Å²) >= 11 is 5.04. The molecule has 84 valence electrons. The van der Waals surface area contributed by atoms with Gasteiger partial charge in [0.25, 0.3) is 0 Å². The van der Waals surface area contributed by atoms with Gasteiger partial charge in [0.15, 0.2) is 5.82 Å². The van der Waals surface area contributed by atoms with Crippen LogP contribution < -0.4 is 5.73 Å². The predicted molar refractivity (Wildman–Crippen MR) is 70.4 cm³/mol. The van der Waals surface area contributed by atoms with Crippen LogP contribution in [0.4, 0.5) is 0 Å². The highest BCUT2D eigenvalue weighted by atomic mass is 79.9. The van der Waals surface area contributed by atoms with Crippen LogP contribution in [0.15, 0.2) is 22.1 Å². The van der Waals surface area contributed by atoms with Gasteiger partial charge in [0.05, 0.1) is 4.88 Å². The Bertz CT molecular complexity index is 508. The monoisotopic (exact) mass is 297 g/mol. The molecule has 0 bridgehead atoms. The average Bonchev–Trinajstić information content (AvgIpc) is 2.64. The second kappa shape index (κ2) is 4.61. The SMILES string of the molecule is Cc1nc(-c2cc(Br)cs2)ncc1[C@@H](C)N. The van der Waals surface area contributed by atoms with Crippen LogP contribution in [0.25, 0.3) is 10.7 Å². The quantitative estimate of drug-likeness (QED) is 0.925. The molecule has 0 fully saturated rings. The van der Waals surface area contributed by atoms with Gasteiger partial charge in [-0.3, -0.25) is 0 Å². The number of nitrogens with zero attached hydrogens (tertiary/aromatic N) is 2. The summed E-state index contributed by atoms with van der Waals surface area (Å²) in [5, 5.41) is 2.02. The summed E-state index contributed by atoms with van der Waals surface area (Å²) in [6, 6.07) is 1.99. The largest absolute Gasteiger partial charge is 0.324 e. The van der Waals surface area contributed by atoms with E-state index in [2.05, 4.69) is 25.9 Å². The Kier molecular flexibility index (Phi) is 3.37. The molecule has 2 rings (SSSR count). The number of nitrogens with two attached hydrogens (primary N) is 1. The lowest BCUT2D eigenvalue weighted by atomic mass is 10.1. The molecule has 0 aliphatic rings. The van der Waals surface area contributed by atoms with Gasteiger partial charge >= 0.3 is 0 Å². The second-order valence-electron chi connectivity index (χ2n) is 3.65. The van der Waals surface area contributed by atoms with Gasteiger partial charge in [0.1, 0.15) is 0 Å². The van der Waals surface area contributed by atoms with Crippen LogP contribution in [0.5, 0.6) is 0 Å². The van der Waals surface area contributed by atoms with Gasteiger partial charge < -0.3 is 5.73 Å². The van der Waals surface area contributed by atoms with E-state index in [4.69, 9.17) is 5.73 Å². The molecule has 0 unspecified atom stereocenters. The van der Waals surface area contributed by atoms with E-state index in [1.165, 1.54) is 0 Å². The van der Waals surface area contributed by atoms with Crippen LogP contribution in [-0.4, -0.2) is 9.97 Å². The maximum Gasteiger partial charge on any atom is 0.169 e. The van der Waals surface area contributed by atoms with Crippen molar-refractivity contribution in [2.45, 2.75) is 19.9 Å². The van der Waals surface area contributed by atoms with Gasteiger partial charge in [-0.25, -0.2) is 9.97 Å². The number of hydrogen-bond donors (Lipinski definition) is 1. The first-order valence-electron chi connectivity index (χ1n) is 4.91. The van der Waals surface area contributed by atoms with Crippen molar-refractivity contribution in [1.29, 1.82) is 0 Å². The van der Waals surface area contributed by atoms with Crippen LogP contribution in [-0.2, 0) is 0 Å². The molecule has 1 atom stereocenters. The van der Waals surface area contributed by atoms with Crippen LogP contribution in [0, 0.1) is 6.92 Å². The molecule has 3 nitrogen and oxygen atoms in total. The number of hydrogen-bond acceptors (Lipinski definition) is 4. The van der Waals surface area contributed by atoms with Crippen LogP contribution in [0.2, 0.25) is 0 Å². The Balaban J connectivity index is 2.42. The zero-order valence-corrected chi connectivity index (χ0v) is 11.5. The Morgan fingerprint density at radius 3 is 2.75 bits per heavy atom. The molecule has 0 saturated heterocycles. The lowest BCUT2D eigenvalue weighted by Crippen LogP contribution is -2.09. The molecule has 16 heavy (non-hydrogen) atoms. The normalized spacial score (nSPS) is 12.8. The summed E-state index contributed by atoms with van der Waals surface area (Å²) < 4.78 is 1.06. The van der Waals surface area contributed by atoms with Gasteiger partial charge in [-0.15, -0.1) is 11.3 Å². The van der Waals surface area contributed by atoms with Gasteiger partial charge in [0.2, 0.25) is 0 Å². The second-order valence-corrected chi connectivity index (χ2v) is 5.48. The molecule has 0 aromatic carbocycles. The fourth-order valence-corrected chi connectivity index (χ4v) is 2.84. The Morgan fingerprint density at radius 1 is 1.50 bits per heavy atom. The van der Waals surface area contributed by atoms with Crippen molar-refractivity contribution in [2.24, 2.45) is 5.73 Å². The highest BCUT2D eigenvalue weighted by molar-refractivity contribution is 9.10. The van der Waals surface area contributed by atoms with Crippen LogP contribution >= 0.6 is 27.3 Å². The molecule has 0 saturated carbocycles. The maximum atomic E-state index is 5.82. The molecule has 0 amide bonds. The van der Waals surface area contributed by atoms with E-state index >= 15 is 0 Å². The number of rotatable bonds is 2. The summed E-state index contributed by atoms with van der Waals surface area (Å²) in [5.74, 6) is 0.762. The van der Waals surface area contributed by atoms with Crippen molar-refractivity contribution in [3.05, 3.63) is 33.4 Å². The molecule has 0 aliphatic carbocycles. The molecule has 0 spiro atoms. The molecular weight excluding hydrogens is 286 g/mol. The smallest absolute Gasteiger partial charge is 0.169 e. The molecular formula is C11H12BrN3S. The fraction of sp³-hybridized carbons (Fsp3) is 0.273. The van der Waals surface area contributed by atoms with Gasteiger partial charge in [0, 0.05) is 33.3 Å². The lowest BCUT2D eigenvalue weighted by molar-refractivity contribution is 0.790. The van der Waals surface area contributed by atoms with E-state index < -0.39 is 0 Å². The van der Waals surface area contributed by atoms with Crippen molar-refractivity contribution >= 4 is 27.3 Å².